The van der Waals surface area contributed by atoms with Gasteiger partial charge in [-0.15, -0.1) is 0 Å². The molecule has 94 valence electrons. The van der Waals surface area contributed by atoms with Crippen molar-refractivity contribution in [3.05, 3.63) is 71.5 Å². The van der Waals surface area contributed by atoms with Crippen LogP contribution in [-0.4, -0.2) is 6.61 Å². The molecular weight excluding hydrogens is 229 g/mol. The van der Waals surface area contributed by atoms with Crippen LogP contribution in [0.25, 0.3) is 0 Å². The van der Waals surface area contributed by atoms with Crippen LogP contribution in [0.4, 0.5) is 4.39 Å². The van der Waals surface area contributed by atoms with E-state index in [1.54, 1.807) is 18.2 Å². The lowest BCUT2D eigenvalue weighted by molar-refractivity contribution is 0.107. The van der Waals surface area contributed by atoms with E-state index in [4.69, 9.17) is 10.5 Å². The predicted octanol–water partition coefficient (Wildman–Crippen LogP) is 3.04. The van der Waals surface area contributed by atoms with Crippen molar-refractivity contribution in [3.63, 3.8) is 0 Å². The number of halogens is 1. The molecule has 0 aliphatic rings. The summed E-state index contributed by atoms with van der Waals surface area (Å²) in [5, 5.41) is 0. The Balaban J connectivity index is 1.86. The molecule has 0 aliphatic heterocycles. The van der Waals surface area contributed by atoms with Gasteiger partial charge in [0.2, 0.25) is 0 Å². The fraction of sp³-hybridized carbons (Fsp3) is 0.200. The molecule has 0 saturated carbocycles. The van der Waals surface area contributed by atoms with Crippen molar-refractivity contribution in [2.45, 2.75) is 12.6 Å². The van der Waals surface area contributed by atoms with Gasteiger partial charge in [-0.25, -0.2) is 4.39 Å². The van der Waals surface area contributed by atoms with E-state index < -0.39 is 6.04 Å². The highest BCUT2D eigenvalue weighted by atomic mass is 19.1. The SMILES string of the molecule is NC(COCc1ccccc1)c1ccccc1F. The van der Waals surface area contributed by atoms with Crippen LogP contribution in [-0.2, 0) is 11.3 Å². The second kappa shape index (κ2) is 6.28. The number of rotatable bonds is 5. The summed E-state index contributed by atoms with van der Waals surface area (Å²) in [6.07, 6.45) is 0. The van der Waals surface area contributed by atoms with Gasteiger partial charge in [-0.1, -0.05) is 48.5 Å². The maximum absolute atomic E-state index is 13.5. The van der Waals surface area contributed by atoms with Gasteiger partial charge < -0.3 is 10.5 Å². The topological polar surface area (TPSA) is 35.2 Å². The summed E-state index contributed by atoms with van der Waals surface area (Å²) < 4.78 is 19.0. The van der Waals surface area contributed by atoms with Gasteiger partial charge in [-0.05, 0) is 11.6 Å². The quantitative estimate of drug-likeness (QED) is 0.878. The number of benzene rings is 2. The van der Waals surface area contributed by atoms with Crippen LogP contribution < -0.4 is 5.73 Å². The van der Waals surface area contributed by atoms with E-state index in [0.717, 1.165) is 5.56 Å². The standard InChI is InChI=1S/C15H16FNO/c16-14-9-5-4-8-13(14)15(17)11-18-10-12-6-2-1-3-7-12/h1-9,15H,10-11,17H2. The van der Waals surface area contributed by atoms with E-state index in [1.807, 2.05) is 30.3 Å². The molecule has 1 atom stereocenters. The minimum absolute atomic E-state index is 0.284. The van der Waals surface area contributed by atoms with Crippen molar-refractivity contribution in [2.75, 3.05) is 6.61 Å². The Morgan fingerprint density at radius 3 is 2.39 bits per heavy atom. The molecule has 0 bridgehead atoms. The first kappa shape index (κ1) is 12.7. The van der Waals surface area contributed by atoms with Crippen molar-refractivity contribution >= 4 is 0 Å². The minimum Gasteiger partial charge on any atom is -0.375 e. The Labute approximate surface area is 106 Å². The summed E-state index contributed by atoms with van der Waals surface area (Å²) in [7, 11) is 0. The third-order valence-electron chi connectivity index (χ3n) is 2.71. The zero-order valence-electron chi connectivity index (χ0n) is 10.1. The zero-order chi connectivity index (χ0) is 12.8. The van der Waals surface area contributed by atoms with E-state index in [0.29, 0.717) is 18.8 Å². The van der Waals surface area contributed by atoms with Gasteiger partial charge in [0, 0.05) is 5.56 Å². The molecule has 1 unspecified atom stereocenters. The van der Waals surface area contributed by atoms with Crippen LogP contribution in [0.15, 0.2) is 54.6 Å². The van der Waals surface area contributed by atoms with Gasteiger partial charge in [0.15, 0.2) is 0 Å². The highest BCUT2D eigenvalue weighted by molar-refractivity contribution is 5.20. The molecule has 0 saturated heterocycles. The molecule has 18 heavy (non-hydrogen) atoms. The first-order valence-corrected chi connectivity index (χ1v) is 5.89. The van der Waals surface area contributed by atoms with Gasteiger partial charge in [0.05, 0.1) is 19.3 Å². The van der Waals surface area contributed by atoms with E-state index in [9.17, 15) is 4.39 Å². The Hall–Kier alpha value is -1.71. The molecule has 0 heterocycles. The average molecular weight is 245 g/mol. The second-order valence-corrected chi connectivity index (χ2v) is 4.13. The highest BCUT2D eigenvalue weighted by Crippen LogP contribution is 2.15. The molecule has 0 radical (unpaired) electrons. The van der Waals surface area contributed by atoms with Gasteiger partial charge in [-0.2, -0.15) is 0 Å². The molecule has 0 fully saturated rings. The Morgan fingerprint density at radius 2 is 1.67 bits per heavy atom. The summed E-state index contributed by atoms with van der Waals surface area (Å²) in [5.74, 6) is -0.284. The minimum atomic E-state index is -0.435. The summed E-state index contributed by atoms with van der Waals surface area (Å²) in [5.41, 5.74) is 7.47. The highest BCUT2D eigenvalue weighted by Gasteiger charge is 2.10. The van der Waals surface area contributed by atoms with Crippen LogP contribution in [0.1, 0.15) is 17.2 Å². The zero-order valence-corrected chi connectivity index (χ0v) is 10.1. The molecule has 0 aliphatic carbocycles. The van der Waals surface area contributed by atoms with Crippen LogP contribution in [0.5, 0.6) is 0 Å². The van der Waals surface area contributed by atoms with Crippen molar-refractivity contribution in [3.8, 4) is 0 Å². The molecule has 2 rings (SSSR count). The van der Waals surface area contributed by atoms with Crippen LogP contribution in [0.3, 0.4) is 0 Å². The second-order valence-electron chi connectivity index (χ2n) is 4.13. The molecule has 2 N–H and O–H groups in total. The molecule has 0 spiro atoms. The molecule has 2 aromatic rings. The summed E-state index contributed by atoms with van der Waals surface area (Å²) in [6, 6.07) is 15.9. The van der Waals surface area contributed by atoms with Gasteiger partial charge in [-0.3, -0.25) is 0 Å². The maximum atomic E-state index is 13.5. The number of hydrogen-bond donors (Lipinski definition) is 1. The maximum Gasteiger partial charge on any atom is 0.128 e. The molecule has 0 amide bonds. The van der Waals surface area contributed by atoms with Crippen LogP contribution in [0.2, 0.25) is 0 Å². The fourth-order valence-electron chi connectivity index (χ4n) is 1.74. The normalized spacial score (nSPS) is 12.3. The Kier molecular flexibility index (Phi) is 4.45. The van der Waals surface area contributed by atoms with E-state index in [-0.39, 0.29) is 5.82 Å². The number of hydrogen-bond acceptors (Lipinski definition) is 2. The van der Waals surface area contributed by atoms with Crippen molar-refractivity contribution in [1.29, 1.82) is 0 Å². The number of nitrogens with two attached hydrogens (primary N) is 1. The monoisotopic (exact) mass is 245 g/mol. The van der Waals surface area contributed by atoms with Gasteiger partial charge >= 0.3 is 0 Å². The smallest absolute Gasteiger partial charge is 0.128 e. The summed E-state index contributed by atoms with van der Waals surface area (Å²) in [6.45, 7) is 0.790. The first-order chi connectivity index (χ1) is 8.77. The lowest BCUT2D eigenvalue weighted by atomic mass is 10.1. The third-order valence-corrected chi connectivity index (χ3v) is 2.71. The average Bonchev–Trinajstić information content (AvgIpc) is 2.40. The van der Waals surface area contributed by atoms with E-state index >= 15 is 0 Å². The van der Waals surface area contributed by atoms with Crippen LogP contribution >= 0.6 is 0 Å². The predicted molar refractivity (Wildman–Crippen MR) is 69.4 cm³/mol. The molecule has 2 nitrogen and oxygen atoms in total. The number of ether oxygens (including phenoxy) is 1. The first-order valence-electron chi connectivity index (χ1n) is 5.89. The van der Waals surface area contributed by atoms with Gasteiger partial charge in [0.25, 0.3) is 0 Å². The molecule has 2 aromatic carbocycles. The van der Waals surface area contributed by atoms with Crippen LogP contribution in [0, 0.1) is 5.82 Å². The summed E-state index contributed by atoms with van der Waals surface area (Å²) >= 11 is 0. The van der Waals surface area contributed by atoms with E-state index in [2.05, 4.69) is 0 Å². The van der Waals surface area contributed by atoms with Crippen molar-refractivity contribution in [2.24, 2.45) is 5.73 Å². The largest absolute Gasteiger partial charge is 0.375 e. The fourth-order valence-corrected chi connectivity index (χ4v) is 1.74. The van der Waals surface area contributed by atoms with Gasteiger partial charge in [0.1, 0.15) is 5.82 Å². The lowest BCUT2D eigenvalue weighted by Gasteiger charge is -2.13. The lowest BCUT2D eigenvalue weighted by Crippen LogP contribution is -2.18. The Bertz CT molecular complexity index is 487. The van der Waals surface area contributed by atoms with E-state index in [1.165, 1.54) is 6.07 Å². The molecular formula is C15H16FNO. The Morgan fingerprint density at radius 1 is 1.00 bits per heavy atom. The van der Waals surface area contributed by atoms with Crippen molar-refractivity contribution < 1.29 is 9.13 Å². The third kappa shape index (κ3) is 3.39. The molecule has 0 aromatic heterocycles. The summed E-state index contributed by atoms with van der Waals surface area (Å²) in [4.78, 5) is 0. The van der Waals surface area contributed by atoms with Crippen molar-refractivity contribution in [1.82, 2.24) is 0 Å². The molecule has 3 heteroatoms.